The molecule has 0 bridgehead atoms. The lowest BCUT2D eigenvalue weighted by molar-refractivity contribution is -0.0196. The van der Waals surface area contributed by atoms with Crippen LogP contribution in [0.3, 0.4) is 0 Å². The number of nitrogens with zero attached hydrogens (tertiary/aromatic N) is 4. The lowest BCUT2D eigenvalue weighted by Crippen LogP contribution is -2.41. The quantitative estimate of drug-likeness (QED) is 0.442. The molecule has 1 spiro atoms. The molecule has 2 fully saturated rings. The van der Waals surface area contributed by atoms with Crippen molar-refractivity contribution in [3.63, 3.8) is 0 Å². The molecule has 1 atom stereocenters. The summed E-state index contributed by atoms with van der Waals surface area (Å²) in [4.78, 5) is 18.2. The van der Waals surface area contributed by atoms with E-state index in [0.29, 0.717) is 29.5 Å². The van der Waals surface area contributed by atoms with E-state index in [1.54, 1.807) is 30.5 Å². The van der Waals surface area contributed by atoms with Crippen molar-refractivity contribution in [2.24, 2.45) is 0 Å². The first-order chi connectivity index (χ1) is 19.1. The van der Waals surface area contributed by atoms with E-state index in [4.69, 9.17) is 9.47 Å². The smallest absolute Gasteiger partial charge is 0.301 e. The van der Waals surface area contributed by atoms with Crippen molar-refractivity contribution in [2.45, 2.75) is 44.8 Å². The molecule has 2 aliphatic rings. The molecule has 0 amide bonds. The number of halogens is 1. The van der Waals surface area contributed by atoms with E-state index in [2.05, 4.69) is 15.0 Å². The summed E-state index contributed by atoms with van der Waals surface area (Å²) in [5.74, 6) is -1.17. The topological polar surface area (TPSA) is 139 Å². The summed E-state index contributed by atoms with van der Waals surface area (Å²) in [6.45, 7) is 5.66. The molecular weight excluding hydrogens is 539 g/mol. The van der Waals surface area contributed by atoms with Crippen LogP contribution < -0.4 is 20.3 Å². The third-order valence-electron chi connectivity index (χ3n) is 7.79. The number of piperidine rings is 1. The summed E-state index contributed by atoms with van der Waals surface area (Å²) in [5.41, 5.74) is -0.0981. The number of aromatic nitrogens is 2. The maximum absolute atomic E-state index is 15.0. The van der Waals surface area contributed by atoms with Crippen LogP contribution >= 0.6 is 0 Å². The van der Waals surface area contributed by atoms with Crippen molar-refractivity contribution in [3.05, 3.63) is 57.9 Å². The Morgan fingerprint density at radius 1 is 1.32 bits per heavy atom. The Labute approximate surface area is 231 Å². The fraction of sp³-hybridized carbons (Fsp3) is 0.444. The molecule has 2 aromatic carbocycles. The van der Waals surface area contributed by atoms with Crippen LogP contribution in [-0.4, -0.2) is 61.2 Å². The largest absolute Gasteiger partial charge is 0.452 e. The summed E-state index contributed by atoms with van der Waals surface area (Å²) in [7, 11) is -2.60. The van der Waals surface area contributed by atoms with Crippen molar-refractivity contribution >= 4 is 26.8 Å². The first-order valence-corrected chi connectivity index (χ1v) is 14.5. The Balaban J connectivity index is 1.51. The zero-order chi connectivity index (χ0) is 28.7. The van der Waals surface area contributed by atoms with Crippen molar-refractivity contribution in [2.75, 3.05) is 38.0 Å². The van der Waals surface area contributed by atoms with Gasteiger partial charge in [-0.15, -0.1) is 0 Å². The van der Waals surface area contributed by atoms with Crippen molar-refractivity contribution in [3.8, 4) is 17.6 Å². The zero-order valence-corrected chi connectivity index (χ0v) is 23.3. The standard InChI is InChI=1S/C27H31FN6O5S/c1-4-33(3)40(36,37)32-21-6-5-20(28)25(19(21)14-29)39-23-8-7-22-24(17(23)2)26(35)34(16-31-22)18-13-27(38-15-18)9-11-30-12-10-27/h5-8,16,18,30,32H,4,9-13,15H2,1-3H3. The normalized spacial score (nSPS) is 18.8. The molecule has 1 aromatic heterocycles. The molecule has 11 nitrogen and oxygen atoms in total. The Hall–Kier alpha value is -3.57. The van der Waals surface area contributed by atoms with Gasteiger partial charge in [-0.25, -0.2) is 9.37 Å². The first kappa shape index (κ1) is 28.0. The second-order valence-electron chi connectivity index (χ2n) is 10.2. The second kappa shape index (κ2) is 10.8. The molecule has 40 heavy (non-hydrogen) atoms. The number of rotatable bonds is 7. The molecule has 0 aliphatic carbocycles. The summed E-state index contributed by atoms with van der Waals surface area (Å²) >= 11 is 0. The average molecular weight is 571 g/mol. The minimum Gasteiger partial charge on any atom is -0.452 e. The van der Waals surface area contributed by atoms with E-state index in [9.17, 15) is 22.9 Å². The molecule has 2 N–H and O–H groups in total. The van der Waals surface area contributed by atoms with Crippen LogP contribution in [0.15, 0.2) is 35.4 Å². The molecule has 1 unspecified atom stereocenters. The van der Waals surface area contributed by atoms with Crippen LogP contribution in [0.5, 0.6) is 11.5 Å². The molecule has 0 radical (unpaired) electrons. The fourth-order valence-corrected chi connectivity index (χ4v) is 6.26. The van der Waals surface area contributed by atoms with Crippen molar-refractivity contribution < 1.29 is 22.3 Å². The van der Waals surface area contributed by atoms with E-state index in [1.807, 2.05) is 6.07 Å². The summed E-state index contributed by atoms with van der Waals surface area (Å²) in [5, 5.41) is 13.5. The molecule has 3 heterocycles. The number of ether oxygens (including phenoxy) is 2. The molecule has 5 rings (SSSR count). The van der Waals surface area contributed by atoms with E-state index in [1.165, 1.54) is 13.4 Å². The van der Waals surface area contributed by atoms with Crippen LogP contribution in [0, 0.1) is 24.1 Å². The molecule has 13 heteroatoms. The van der Waals surface area contributed by atoms with E-state index in [0.717, 1.165) is 42.4 Å². The number of hydrogen-bond acceptors (Lipinski definition) is 8. The molecular formula is C27H31FN6O5S. The number of nitriles is 1. The Bertz CT molecular complexity index is 1660. The van der Waals surface area contributed by atoms with E-state index >= 15 is 0 Å². The summed E-state index contributed by atoms with van der Waals surface area (Å²) in [6.07, 6.45) is 4.01. The Morgan fingerprint density at radius 3 is 2.77 bits per heavy atom. The minimum atomic E-state index is -3.98. The predicted octanol–water partition coefficient (Wildman–Crippen LogP) is 3.20. The maximum atomic E-state index is 15.0. The SMILES string of the molecule is CCN(C)S(=O)(=O)Nc1ccc(F)c(Oc2ccc3ncn(C4COC5(CCNCC5)C4)c(=O)c3c2C)c1C#N. The van der Waals surface area contributed by atoms with Crippen LogP contribution in [0.4, 0.5) is 10.1 Å². The van der Waals surface area contributed by atoms with Gasteiger partial charge in [0.2, 0.25) is 0 Å². The Kier molecular flexibility index (Phi) is 7.54. The van der Waals surface area contributed by atoms with Gasteiger partial charge in [0.15, 0.2) is 11.6 Å². The molecule has 2 saturated heterocycles. The van der Waals surface area contributed by atoms with Crippen LogP contribution in [-0.2, 0) is 14.9 Å². The van der Waals surface area contributed by atoms with Crippen LogP contribution in [0.25, 0.3) is 10.9 Å². The minimum absolute atomic E-state index is 0.130. The second-order valence-corrected chi connectivity index (χ2v) is 12.0. The van der Waals surface area contributed by atoms with Gasteiger partial charge in [0.25, 0.3) is 5.56 Å². The fourth-order valence-electron chi connectivity index (χ4n) is 5.31. The number of nitrogens with one attached hydrogen (secondary N) is 2. The third-order valence-corrected chi connectivity index (χ3v) is 9.35. The molecule has 0 saturated carbocycles. The van der Waals surface area contributed by atoms with Gasteiger partial charge in [-0.3, -0.25) is 14.1 Å². The van der Waals surface area contributed by atoms with Gasteiger partial charge in [0.05, 0.1) is 41.2 Å². The highest BCUT2D eigenvalue weighted by Gasteiger charge is 2.42. The summed E-state index contributed by atoms with van der Waals surface area (Å²) < 4.78 is 57.1. The van der Waals surface area contributed by atoms with Gasteiger partial charge in [0, 0.05) is 19.2 Å². The van der Waals surface area contributed by atoms with Gasteiger partial charge in [-0.05, 0) is 63.5 Å². The molecule has 212 valence electrons. The highest BCUT2D eigenvalue weighted by molar-refractivity contribution is 7.90. The lowest BCUT2D eigenvalue weighted by Gasteiger charge is -2.32. The first-order valence-electron chi connectivity index (χ1n) is 13.1. The number of aryl methyl sites for hydroxylation is 1. The van der Waals surface area contributed by atoms with Crippen LogP contribution in [0.2, 0.25) is 0 Å². The van der Waals surface area contributed by atoms with Gasteiger partial charge in [-0.2, -0.15) is 18.0 Å². The van der Waals surface area contributed by atoms with Gasteiger partial charge >= 0.3 is 10.2 Å². The van der Waals surface area contributed by atoms with Gasteiger partial charge in [0.1, 0.15) is 17.4 Å². The third kappa shape index (κ3) is 5.03. The van der Waals surface area contributed by atoms with Gasteiger partial charge in [-0.1, -0.05) is 6.92 Å². The van der Waals surface area contributed by atoms with Crippen molar-refractivity contribution in [1.82, 2.24) is 19.2 Å². The zero-order valence-electron chi connectivity index (χ0n) is 22.5. The number of hydrogen-bond donors (Lipinski definition) is 2. The number of fused-ring (bicyclic) bond motifs is 1. The van der Waals surface area contributed by atoms with E-state index < -0.39 is 21.8 Å². The maximum Gasteiger partial charge on any atom is 0.301 e. The monoisotopic (exact) mass is 570 g/mol. The predicted molar refractivity (Wildman–Crippen MR) is 147 cm³/mol. The van der Waals surface area contributed by atoms with E-state index in [-0.39, 0.29) is 40.7 Å². The summed E-state index contributed by atoms with van der Waals surface area (Å²) in [6, 6.07) is 6.99. The average Bonchev–Trinajstić information content (AvgIpc) is 3.34. The number of anilines is 1. The molecule has 2 aliphatic heterocycles. The highest BCUT2D eigenvalue weighted by atomic mass is 32.2. The number of benzene rings is 2. The van der Waals surface area contributed by atoms with Crippen molar-refractivity contribution in [1.29, 1.82) is 5.26 Å². The molecule has 3 aromatic rings. The highest BCUT2D eigenvalue weighted by Crippen LogP contribution is 2.39. The van der Waals surface area contributed by atoms with Gasteiger partial charge < -0.3 is 14.8 Å². The Morgan fingerprint density at radius 2 is 2.08 bits per heavy atom. The van der Waals surface area contributed by atoms with Crippen LogP contribution in [0.1, 0.15) is 43.4 Å². The lowest BCUT2D eigenvalue weighted by atomic mass is 9.88.